The summed E-state index contributed by atoms with van der Waals surface area (Å²) in [6.07, 6.45) is 3.59. The van der Waals surface area contributed by atoms with Crippen molar-refractivity contribution in [1.29, 1.82) is 0 Å². The number of anilines is 1. The van der Waals surface area contributed by atoms with Gasteiger partial charge in [0.25, 0.3) is 0 Å². The highest BCUT2D eigenvalue weighted by molar-refractivity contribution is 5.99. The summed E-state index contributed by atoms with van der Waals surface area (Å²) in [7, 11) is 0. The number of nitrogens with one attached hydrogen (secondary N) is 2. The first-order valence-corrected chi connectivity index (χ1v) is 6.65. The van der Waals surface area contributed by atoms with Gasteiger partial charge in [0.2, 0.25) is 0 Å². The lowest BCUT2D eigenvalue weighted by molar-refractivity contribution is 0.247. The van der Waals surface area contributed by atoms with Gasteiger partial charge in [-0.2, -0.15) is 0 Å². The zero-order chi connectivity index (χ0) is 13.7. The molecule has 1 aromatic carbocycles. The minimum atomic E-state index is -0.174. The van der Waals surface area contributed by atoms with E-state index < -0.39 is 0 Å². The number of hydrogen-bond donors (Lipinski definition) is 2. The van der Waals surface area contributed by atoms with E-state index in [0.717, 1.165) is 29.4 Å². The van der Waals surface area contributed by atoms with Crippen LogP contribution in [0.25, 0.3) is 10.9 Å². The fraction of sp³-hybridized carbons (Fsp3) is 0.333. The zero-order valence-electron chi connectivity index (χ0n) is 11.3. The van der Waals surface area contributed by atoms with E-state index in [1.165, 1.54) is 0 Å². The van der Waals surface area contributed by atoms with Crippen molar-refractivity contribution < 1.29 is 4.79 Å². The number of benzene rings is 1. The molecule has 0 fully saturated rings. The average molecular weight is 257 g/mol. The molecule has 1 heterocycles. The van der Waals surface area contributed by atoms with Crippen molar-refractivity contribution in [2.45, 2.75) is 32.7 Å². The second-order valence-electron chi connectivity index (χ2n) is 4.49. The molecule has 19 heavy (non-hydrogen) atoms. The van der Waals surface area contributed by atoms with Gasteiger partial charge in [-0.1, -0.05) is 32.0 Å². The summed E-state index contributed by atoms with van der Waals surface area (Å²) in [6.45, 7) is 4.13. The molecule has 0 aliphatic carbocycles. The molecule has 0 spiro atoms. The van der Waals surface area contributed by atoms with Gasteiger partial charge in [0.05, 0.1) is 11.2 Å². The molecule has 0 saturated heterocycles. The maximum Gasteiger partial charge on any atom is 0.319 e. The monoisotopic (exact) mass is 257 g/mol. The molecule has 1 aromatic heterocycles. The second kappa shape index (κ2) is 6.18. The van der Waals surface area contributed by atoms with Gasteiger partial charge in [0.1, 0.15) is 0 Å². The molecule has 0 aliphatic heterocycles. The van der Waals surface area contributed by atoms with E-state index in [9.17, 15) is 4.79 Å². The van der Waals surface area contributed by atoms with Crippen LogP contribution < -0.4 is 10.6 Å². The summed E-state index contributed by atoms with van der Waals surface area (Å²) in [6, 6.07) is 9.66. The Morgan fingerprint density at radius 2 is 1.95 bits per heavy atom. The van der Waals surface area contributed by atoms with Gasteiger partial charge < -0.3 is 10.6 Å². The summed E-state index contributed by atoms with van der Waals surface area (Å²) >= 11 is 0. The number of amides is 2. The Hall–Kier alpha value is -2.10. The van der Waals surface area contributed by atoms with Crippen molar-refractivity contribution >= 4 is 22.6 Å². The summed E-state index contributed by atoms with van der Waals surface area (Å²) in [5.41, 5.74) is 1.55. The maximum atomic E-state index is 11.9. The Morgan fingerprint density at radius 3 is 2.68 bits per heavy atom. The van der Waals surface area contributed by atoms with Crippen molar-refractivity contribution in [3.05, 3.63) is 36.5 Å². The average Bonchev–Trinajstić information content (AvgIpc) is 2.45. The number of fused-ring (bicyclic) bond motifs is 1. The van der Waals surface area contributed by atoms with Crippen LogP contribution in [-0.4, -0.2) is 17.1 Å². The van der Waals surface area contributed by atoms with Gasteiger partial charge in [0, 0.05) is 17.6 Å². The number of para-hydroxylation sites is 1. The third-order valence-electron chi connectivity index (χ3n) is 3.20. The fourth-order valence-corrected chi connectivity index (χ4v) is 2.04. The molecule has 2 amide bonds. The van der Waals surface area contributed by atoms with Gasteiger partial charge in [-0.3, -0.25) is 4.98 Å². The van der Waals surface area contributed by atoms with Crippen LogP contribution in [0.2, 0.25) is 0 Å². The topological polar surface area (TPSA) is 54.0 Å². The molecule has 0 atom stereocenters. The predicted molar refractivity (Wildman–Crippen MR) is 78.3 cm³/mol. The molecular weight excluding hydrogens is 238 g/mol. The lowest BCUT2D eigenvalue weighted by Gasteiger charge is -2.15. The first-order chi connectivity index (χ1) is 9.24. The number of aromatic nitrogens is 1. The van der Waals surface area contributed by atoms with E-state index >= 15 is 0 Å². The van der Waals surface area contributed by atoms with Gasteiger partial charge >= 0.3 is 6.03 Å². The largest absolute Gasteiger partial charge is 0.335 e. The van der Waals surface area contributed by atoms with Gasteiger partial charge in [-0.15, -0.1) is 0 Å². The Kier molecular flexibility index (Phi) is 4.34. The minimum Gasteiger partial charge on any atom is -0.335 e. The highest BCUT2D eigenvalue weighted by Crippen LogP contribution is 2.20. The summed E-state index contributed by atoms with van der Waals surface area (Å²) in [5, 5.41) is 6.84. The van der Waals surface area contributed by atoms with Crippen molar-refractivity contribution in [3.8, 4) is 0 Å². The molecule has 2 rings (SSSR count). The van der Waals surface area contributed by atoms with E-state index in [0.29, 0.717) is 0 Å². The van der Waals surface area contributed by atoms with Crippen LogP contribution >= 0.6 is 0 Å². The van der Waals surface area contributed by atoms with Crippen LogP contribution in [0.5, 0.6) is 0 Å². The van der Waals surface area contributed by atoms with Crippen LogP contribution in [0.15, 0.2) is 36.5 Å². The van der Waals surface area contributed by atoms with Crippen LogP contribution in [0, 0.1) is 0 Å². The molecule has 2 aromatic rings. The number of carbonyl (C=O) groups is 1. The van der Waals surface area contributed by atoms with Gasteiger partial charge in [-0.25, -0.2) is 4.79 Å². The van der Waals surface area contributed by atoms with Crippen molar-refractivity contribution in [1.82, 2.24) is 10.3 Å². The molecule has 100 valence electrons. The van der Waals surface area contributed by atoms with Gasteiger partial charge in [0.15, 0.2) is 0 Å². The smallest absolute Gasteiger partial charge is 0.319 e. The van der Waals surface area contributed by atoms with Crippen LogP contribution in [0.4, 0.5) is 10.5 Å². The minimum absolute atomic E-state index is 0.174. The Morgan fingerprint density at radius 1 is 1.21 bits per heavy atom. The molecule has 0 radical (unpaired) electrons. The zero-order valence-corrected chi connectivity index (χ0v) is 11.3. The number of hydrogen-bond acceptors (Lipinski definition) is 2. The number of carbonyl (C=O) groups excluding carboxylic acids is 1. The highest BCUT2D eigenvalue weighted by Gasteiger charge is 2.09. The SMILES string of the molecule is CCC(CC)NC(=O)Nc1cccc2cccnc12. The summed E-state index contributed by atoms with van der Waals surface area (Å²) < 4.78 is 0. The predicted octanol–water partition coefficient (Wildman–Crippen LogP) is 3.54. The lowest BCUT2D eigenvalue weighted by atomic mass is 10.2. The second-order valence-corrected chi connectivity index (χ2v) is 4.49. The first kappa shape index (κ1) is 13.3. The highest BCUT2D eigenvalue weighted by atomic mass is 16.2. The van der Waals surface area contributed by atoms with E-state index in [1.807, 2.05) is 30.3 Å². The molecule has 2 N–H and O–H groups in total. The van der Waals surface area contributed by atoms with Crippen LogP contribution in [0.1, 0.15) is 26.7 Å². The molecule has 0 aliphatic rings. The number of rotatable bonds is 4. The molecule has 0 bridgehead atoms. The fourth-order valence-electron chi connectivity index (χ4n) is 2.04. The van der Waals surface area contributed by atoms with Crippen molar-refractivity contribution in [3.63, 3.8) is 0 Å². The molecule has 0 unspecified atom stereocenters. The Labute approximate surface area is 113 Å². The van der Waals surface area contributed by atoms with Gasteiger partial charge in [-0.05, 0) is 25.0 Å². The van der Waals surface area contributed by atoms with Crippen molar-refractivity contribution in [2.75, 3.05) is 5.32 Å². The third kappa shape index (κ3) is 3.22. The standard InChI is InChI=1S/C15H19N3O/c1-3-12(4-2)17-15(19)18-13-9-5-7-11-8-6-10-16-14(11)13/h5-10,12H,3-4H2,1-2H3,(H2,17,18,19). The normalized spacial score (nSPS) is 10.7. The number of nitrogens with zero attached hydrogens (tertiary/aromatic N) is 1. The van der Waals surface area contributed by atoms with E-state index in [4.69, 9.17) is 0 Å². The quantitative estimate of drug-likeness (QED) is 0.880. The summed E-state index contributed by atoms with van der Waals surface area (Å²) in [4.78, 5) is 16.2. The lowest BCUT2D eigenvalue weighted by Crippen LogP contribution is -2.37. The third-order valence-corrected chi connectivity index (χ3v) is 3.20. The van der Waals surface area contributed by atoms with E-state index in [2.05, 4.69) is 29.5 Å². The van der Waals surface area contributed by atoms with E-state index in [-0.39, 0.29) is 12.1 Å². The van der Waals surface area contributed by atoms with Crippen molar-refractivity contribution in [2.24, 2.45) is 0 Å². The van der Waals surface area contributed by atoms with Crippen LogP contribution in [-0.2, 0) is 0 Å². The molecule has 4 nitrogen and oxygen atoms in total. The maximum absolute atomic E-state index is 11.9. The van der Waals surface area contributed by atoms with Crippen LogP contribution in [0.3, 0.4) is 0 Å². The van der Waals surface area contributed by atoms with E-state index in [1.54, 1.807) is 6.20 Å². The number of urea groups is 1. The molecule has 4 heteroatoms. The summed E-state index contributed by atoms with van der Waals surface area (Å²) in [5.74, 6) is 0. The Balaban J connectivity index is 2.15. The molecule has 0 saturated carbocycles. The molecular formula is C15H19N3O. The number of pyridine rings is 1. The Bertz CT molecular complexity index is 559. The first-order valence-electron chi connectivity index (χ1n) is 6.65.